The Morgan fingerprint density at radius 1 is 0.727 bits per heavy atom. The zero-order chi connectivity index (χ0) is 23.5. The van der Waals surface area contributed by atoms with E-state index in [0.29, 0.717) is 0 Å². The third-order valence-corrected chi connectivity index (χ3v) is 16.4. The highest BCUT2D eigenvalue weighted by molar-refractivity contribution is 7.67. The maximum Gasteiger partial charge on any atom is 0.250 e. The fraction of sp³-hybridized carbons (Fsp3) is 0.600. The zero-order valence-electron chi connectivity index (χ0n) is 21.7. The fourth-order valence-corrected chi connectivity index (χ4v) is 10.5. The molecule has 3 heteroatoms. The lowest BCUT2D eigenvalue weighted by molar-refractivity contribution is 0.487. The van der Waals surface area contributed by atoms with Crippen molar-refractivity contribution in [2.45, 2.75) is 114 Å². The van der Waals surface area contributed by atoms with Gasteiger partial charge in [0, 0.05) is 0 Å². The second kappa shape index (κ2) is 10.7. The first-order valence-corrected chi connectivity index (χ1v) is 17.8. The Kier molecular flexibility index (Phi) is 8.07. The molecular formula is C30H45OPSi. The molecule has 1 nitrogen and oxygen atoms in total. The molecule has 0 amide bonds. The number of hydrogen-bond donors (Lipinski definition) is 0. The van der Waals surface area contributed by atoms with Crippen molar-refractivity contribution in [1.29, 1.82) is 0 Å². The molecule has 0 spiro atoms. The molecule has 33 heavy (non-hydrogen) atoms. The van der Waals surface area contributed by atoms with Crippen molar-refractivity contribution in [3.05, 3.63) is 48.5 Å². The molecule has 0 aliphatic heterocycles. The van der Waals surface area contributed by atoms with Gasteiger partial charge in [0.1, 0.15) is 5.75 Å². The van der Waals surface area contributed by atoms with Crippen LogP contribution in [-0.4, -0.2) is 19.6 Å². The Morgan fingerprint density at radius 2 is 1.24 bits per heavy atom. The van der Waals surface area contributed by atoms with E-state index in [4.69, 9.17) is 4.43 Å². The highest BCUT2D eigenvalue weighted by atomic mass is 31.1. The topological polar surface area (TPSA) is 9.23 Å². The molecule has 0 saturated heterocycles. The van der Waals surface area contributed by atoms with E-state index >= 15 is 0 Å². The Morgan fingerprint density at radius 3 is 1.76 bits per heavy atom. The Labute approximate surface area is 205 Å². The van der Waals surface area contributed by atoms with E-state index < -0.39 is 8.32 Å². The minimum atomic E-state index is -1.81. The maximum absolute atomic E-state index is 6.57. The van der Waals surface area contributed by atoms with Crippen LogP contribution in [0.15, 0.2) is 48.5 Å². The van der Waals surface area contributed by atoms with E-state index in [2.05, 4.69) is 82.4 Å². The monoisotopic (exact) mass is 480 g/mol. The molecule has 0 unspecified atom stereocenters. The van der Waals surface area contributed by atoms with Crippen LogP contribution in [0.1, 0.15) is 85.0 Å². The Bertz CT molecular complexity index is 868. The van der Waals surface area contributed by atoms with Crippen molar-refractivity contribution in [1.82, 2.24) is 0 Å². The van der Waals surface area contributed by atoms with Crippen molar-refractivity contribution >= 4 is 21.5 Å². The van der Waals surface area contributed by atoms with Crippen LogP contribution in [0.25, 0.3) is 11.1 Å². The molecule has 2 aliphatic rings. The van der Waals surface area contributed by atoms with Crippen molar-refractivity contribution in [2.75, 3.05) is 0 Å². The summed E-state index contributed by atoms with van der Waals surface area (Å²) in [5.41, 5.74) is 4.71. The summed E-state index contributed by atoms with van der Waals surface area (Å²) >= 11 is 0. The molecule has 0 radical (unpaired) electrons. The summed E-state index contributed by atoms with van der Waals surface area (Å²) in [6.07, 6.45) is 14.5. The summed E-state index contributed by atoms with van der Waals surface area (Å²) in [6.45, 7) is 11.6. The molecule has 4 rings (SSSR count). The third-order valence-electron chi connectivity index (χ3n) is 8.46. The molecule has 0 atom stereocenters. The lowest BCUT2D eigenvalue weighted by Gasteiger charge is -2.39. The molecule has 0 heterocycles. The first-order chi connectivity index (χ1) is 15.8. The van der Waals surface area contributed by atoms with Gasteiger partial charge in [0.2, 0.25) is 8.32 Å². The first-order valence-electron chi connectivity index (χ1n) is 13.4. The molecule has 2 aromatic rings. The molecule has 180 valence electrons. The zero-order valence-corrected chi connectivity index (χ0v) is 23.6. The summed E-state index contributed by atoms with van der Waals surface area (Å²) in [4.78, 5) is 0. The Hall–Kier alpha value is -1.11. The van der Waals surface area contributed by atoms with Crippen molar-refractivity contribution < 1.29 is 4.43 Å². The molecule has 2 fully saturated rings. The molecule has 0 bridgehead atoms. The lowest BCUT2D eigenvalue weighted by atomic mass is 9.99. The minimum absolute atomic E-state index is 0.106. The van der Waals surface area contributed by atoms with Crippen molar-refractivity contribution in [3.63, 3.8) is 0 Å². The highest BCUT2D eigenvalue weighted by Gasteiger charge is 2.39. The summed E-state index contributed by atoms with van der Waals surface area (Å²) in [7, 11) is -1.92. The van der Waals surface area contributed by atoms with Gasteiger partial charge in [0.25, 0.3) is 0 Å². The van der Waals surface area contributed by atoms with Gasteiger partial charge in [-0.2, -0.15) is 0 Å². The number of hydrogen-bond acceptors (Lipinski definition) is 1. The van der Waals surface area contributed by atoms with Crippen molar-refractivity contribution in [2.24, 2.45) is 0 Å². The predicted molar refractivity (Wildman–Crippen MR) is 150 cm³/mol. The second-order valence-electron chi connectivity index (χ2n) is 11.9. The van der Waals surface area contributed by atoms with Gasteiger partial charge in [-0.05, 0) is 83.7 Å². The largest absolute Gasteiger partial charge is 0.544 e. The van der Waals surface area contributed by atoms with Crippen LogP contribution in [0.4, 0.5) is 0 Å². The average molecular weight is 481 g/mol. The summed E-state index contributed by atoms with van der Waals surface area (Å²) in [5.74, 6) is 1.03. The highest BCUT2D eigenvalue weighted by Crippen LogP contribution is 2.56. The van der Waals surface area contributed by atoms with Crippen LogP contribution in [-0.2, 0) is 0 Å². The molecule has 2 aromatic carbocycles. The molecule has 2 aliphatic carbocycles. The molecule has 0 aromatic heterocycles. The van der Waals surface area contributed by atoms with Gasteiger partial charge in [-0.25, -0.2) is 0 Å². The number of rotatable bonds is 6. The van der Waals surface area contributed by atoms with E-state index in [1.807, 2.05) is 0 Å². The standard InChI is InChI=1S/C30H45OPSi/c1-30(2,3)33(4,5)31-25-22-20-24(21-23-25)28-18-12-13-19-29(28)32(26-14-8-6-9-15-26)27-16-10-7-11-17-27/h12-13,18-23,26-27H,6-11,14-17H2,1-5H3. The molecule has 2 saturated carbocycles. The fourth-order valence-electron chi connectivity index (χ4n) is 5.50. The van der Waals surface area contributed by atoms with Gasteiger partial charge in [0.05, 0.1) is 0 Å². The van der Waals surface area contributed by atoms with Gasteiger partial charge >= 0.3 is 0 Å². The smallest absolute Gasteiger partial charge is 0.250 e. The van der Waals surface area contributed by atoms with E-state index in [9.17, 15) is 0 Å². The van der Waals surface area contributed by atoms with E-state index in [-0.39, 0.29) is 13.0 Å². The maximum atomic E-state index is 6.57. The van der Waals surface area contributed by atoms with Gasteiger partial charge in [0.15, 0.2) is 0 Å². The molecular weight excluding hydrogens is 435 g/mol. The van der Waals surface area contributed by atoms with Gasteiger partial charge < -0.3 is 4.43 Å². The summed E-state index contributed by atoms with van der Waals surface area (Å²) in [5, 5.41) is 1.90. The van der Waals surface area contributed by atoms with Gasteiger partial charge in [-0.1, -0.05) is 104 Å². The SMILES string of the molecule is CC(C)(C)[Si](C)(C)Oc1ccc(-c2ccccc2P(C2CCCCC2)C2CCCCC2)cc1. The average Bonchev–Trinajstić information content (AvgIpc) is 2.81. The van der Waals surface area contributed by atoms with Gasteiger partial charge in [-0.3, -0.25) is 0 Å². The first kappa shape index (κ1) is 25.0. The normalized spacial score (nSPS) is 19.1. The second-order valence-corrected chi connectivity index (χ2v) is 19.4. The third kappa shape index (κ3) is 5.94. The lowest BCUT2D eigenvalue weighted by Crippen LogP contribution is -2.43. The van der Waals surface area contributed by atoms with Crippen LogP contribution in [0.3, 0.4) is 0 Å². The van der Waals surface area contributed by atoms with Crippen LogP contribution < -0.4 is 9.73 Å². The van der Waals surface area contributed by atoms with Crippen LogP contribution in [0.5, 0.6) is 5.75 Å². The minimum Gasteiger partial charge on any atom is -0.544 e. The molecule has 0 N–H and O–H groups in total. The van der Waals surface area contributed by atoms with Crippen LogP contribution in [0.2, 0.25) is 18.1 Å². The van der Waals surface area contributed by atoms with E-state index in [1.54, 1.807) is 5.30 Å². The summed E-state index contributed by atoms with van der Waals surface area (Å²) < 4.78 is 6.57. The predicted octanol–water partition coefficient (Wildman–Crippen LogP) is 9.51. The van der Waals surface area contributed by atoms with Crippen LogP contribution >= 0.6 is 7.92 Å². The Balaban J connectivity index is 1.64. The summed E-state index contributed by atoms with van der Waals surface area (Å²) in [6, 6.07) is 18.5. The van der Waals surface area contributed by atoms with Crippen LogP contribution in [0, 0.1) is 0 Å². The quantitative estimate of drug-likeness (QED) is 0.295. The van der Waals surface area contributed by atoms with Crippen molar-refractivity contribution in [3.8, 4) is 16.9 Å². The number of benzene rings is 2. The van der Waals surface area contributed by atoms with E-state index in [0.717, 1.165) is 17.1 Å². The van der Waals surface area contributed by atoms with E-state index in [1.165, 1.54) is 75.3 Å². The van der Waals surface area contributed by atoms with Gasteiger partial charge in [-0.15, -0.1) is 0 Å².